The third kappa shape index (κ3) is 16.6. The average Bonchev–Trinajstić information content (AvgIpc) is 2.52. The molecule has 24 heavy (non-hydrogen) atoms. The Morgan fingerprint density at radius 3 is 1.17 bits per heavy atom. The van der Waals surface area contributed by atoms with E-state index in [0.29, 0.717) is 12.8 Å². The molecule has 0 rings (SSSR count). The molecule has 0 aromatic carbocycles. The molecular formula is C18H34N4O2. The first-order chi connectivity index (χ1) is 11.4. The lowest BCUT2D eigenvalue weighted by Gasteiger charge is -2.03. The smallest absolute Gasteiger partial charge is 0.240 e. The molecule has 0 bridgehead atoms. The molecule has 6 nitrogen and oxygen atoms in total. The van der Waals surface area contributed by atoms with Crippen LogP contribution in [0.3, 0.4) is 0 Å². The maximum atomic E-state index is 11.4. The van der Waals surface area contributed by atoms with Crippen molar-refractivity contribution in [2.24, 2.45) is 10.2 Å². The van der Waals surface area contributed by atoms with Gasteiger partial charge in [0.25, 0.3) is 0 Å². The first kappa shape index (κ1) is 22.3. The molecule has 0 aliphatic rings. The van der Waals surface area contributed by atoms with Crippen LogP contribution in [0.1, 0.15) is 91.9 Å². The topological polar surface area (TPSA) is 82.9 Å². The van der Waals surface area contributed by atoms with Gasteiger partial charge in [-0.25, -0.2) is 10.9 Å². The lowest BCUT2D eigenvalue weighted by Crippen LogP contribution is -2.17. The maximum Gasteiger partial charge on any atom is 0.240 e. The molecule has 0 heterocycles. The van der Waals surface area contributed by atoms with Gasteiger partial charge in [0.2, 0.25) is 11.8 Å². The summed E-state index contributed by atoms with van der Waals surface area (Å²) in [4.78, 5) is 22.9. The highest BCUT2D eigenvalue weighted by atomic mass is 16.2. The molecule has 2 N–H and O–H groups in total. The summed E-state index contributed by atoms with van der Waals surface area (Å²) in [7, 11) is 0. The zero-order chi connectivity index (χ0) is 18.2. The summed E-state index contributed by atoms with van der Waals surface area (Å²) in [6.07, 6.45) is 9.81. The fourth-order valence-electron chi connectivity index (χ4n) is 2.09. The van der Waals surface area contributed by atoms with Crippen LogP contribution in [0.25, 0.3) is 0 Å². The van der Waals surface area contributed by atoms with Crippen LogP contribution >= 0.6 is 0 Å². The molecule has 0 saturated heterocycles. The largest absolute Gasteiger partial charge is 0.273 e. The molecule has 0 aromatic rings. The fraction of sp³-hybridized carbons (Fsp3) is 0.778. The van der Waals surface area contributed by atoms with E-state index in [0.717, 1.165) is 49.9 Å². The first-order valence-electron chi connectivity index (χ1n) is 9.01. The standard InChI is InChI=1S/C18H34N4O2/c1-15(2)19-21-17(23)13-11-9-7-5-6-8-10-12-14-18(24)22-20-16(3)4/h5-14H2,1-4H3,(H,21,23)(H,22,24). The van der Waals surface area contributed by atoms with E-state index in [2.05, 4.69) is 21.1 Å². The predicted molar refractivity (Wildman–Crippen MR) is 100 cm³/mol. The van der Waals surface area contributed by atoms with Gasteiger partial charge in [-0.1, -0.05) is 38.5 Å². The van der Waals surface area contributed by atoms with Crippen LogP contribution in [-0.2, 0) is 9.59 Å². The van der Waals surface area contributed by atoms with Gasteiger partial charge in [-0.15, -0.1) is 0 Å². The molecule has 6 heteroatoms. The van der Waals surface area contributed by atoms with Gasteiger partial charge in [0.05, 0.1) is 0 Å². The Morgan fingerprint density at radius 1 is 0.583 bits per heavy atom. The van der Waals surface area contributed by atoms with Gasteiger partial charge in [-0.2, -0.15) is 10.2 Å². The monoisotopic (exact) mass is 338 g/mol. The second-order valence-electron chi connectivity index (χ2n) is 6.52. The molecule has 0 unspecified atom stereocenters. The molecule has 0 radical (unpaired) electrons. The van der Waals surface area contributed by atoms with E-state index in [-0.39, 0.29) is 11.8 Å². The summed E-state index contributed by atoms with van der Waals surface area (Å²) in [6.45, 7) is 7.42. The van der Waals surface area contributed by atoms with Crippen LogP contribution in [-0.4, -0.2) is 23.2 Å². The Hall–Kier alpha value is -1.72. The molecular weight excluding hydrogens is 304 g/mol. The van der Waals surface area contributed by atoms with E-state index < -0.39 is 0 Å². The van der Waals surface area contributed by atoms with Crippen molar-refractivity contribution >= 4 is 23.2 Å². The number of hydrogen-bond donors (Lipinski definition) is 2. The van der Waals surface area contributed by atoms with Crippen molar-refractivity contribution in [1.82, 2.24) is 10.9 Å². The maximum absolute atomic E-state index is 11.4. The van der Waals surface area contributed by atoms with Gasteiger partial charge in [0.15, 0.2) is 0 Å². The number of unbranched alkanes of at least 4 members (excludes halogenated alkanes) is 7. The van der Waals surface area contributed by atoms with Gasteiger partial charge in [-0.3, -0.25) is 9.59 Å². The quantitative estimate of drug-likeness (QED) is 0.303. The second-order valence-corrected chi connectivity index (χ2v) is 6.52. The molecule has 2 amide bonds. The second kappa shape index (κ2) is 14.8. The Morgan fingerprint density at radius 2 is 0.875 bits per heavy atom. The van der Waals surface area contributed by atoms with E-state index in [1.807, 2.05) is 27.7 Å². The van der Waals surface area contributed by atoms with E-state index >= 15 is 0 Å². The molecule has 0 aromatic heterocycles. The van der Waals surface area contributed by atoms with Crippen molar-refractivity contribution in [3.63, 3.8) is 0 Å². The summed E-state index contributed by atoms with van der Waals surface area (Å²) in [5, 5.41) is 7.79. The van der Waals surface area contributed by atoms with E-state index in [1.54, 1.807) is 0 Å². The van der Waals surface area contributed by atoms with E-state index in [9.17, 15) is 9.59 Å². The third-order valence-electron chi connectivity index (χ3n) is 3.37. The highest BCUT2D eigenvalue weighted by molar-refractivity contribution is 5.82. The van der Waals surface area contributed by atoms with Gasteiger partial charge in [0.1, 0.15) is 0 Å². The molecule has 0 aliphatic heterocycles. The number of carbonyl (C=O) groups is 2. The highest BCUT2D eigenvalue weighted by Gasteiger charge is 2.01. The van der Waals surface area contributed by atoms with Crippen molar-refractivity contribution in [2.45, 2.75) is 91.9 Å². The third-order valence-corrected chi connectivity index (χ3v) is 3.37. The van der Waals surface area contributed by atoms with Crippen LogP contribution in [0.5, 0.6) is 0 Å². The predicted octanol–water partition coefficient (Wildman–Crippen LogP) is 3.91. The number of amides is 2. The zero-order valence-corrected chi connectivity index (χ0v) is 15.8. The average molecular weight is 338 g/mol. The zero-order valence-electron chi connectivity index (χ0n) is 15.8. The lowest BCUT2D eigenvalue weighted by molar-refractivity contribution is -0.122. The van der Waals surface area contributed by atoms with Crippen LogP contribution < -0.4 is 10.9 Å². The summed E-state index contributed by atoms with van der Waals surface area (Å²) in [5.74, 6) is -0.00541. The SMILES string of the molecule is CC(C)=NNC(=O)CCCCCCCCCCC(=O)NN=C(C)C. The van der Waals surface area contributed by atoms with Gasteiger partial charge in [0, 0.05) is 24.3 Å². The minimum Gasteiger partial charge on any atom is -0.273 e. The normalized spacial score (nSPS) is 10.0. The van der Waals surface area contributed by atoms with Crippen LogP contribution in [0.4, 0.5) is 0 Å². The number of rotatable bonds is 13. The summed E-state index contributed by atoms with van der Waals surface area (Å²) < 4.78 is 0. The van der Waals surface area contributed by atoms with Crippen LogP contribution in [0.2, 0.25) is 0 Å². The van der Waals surface area contributed by atoms with Gasteiger partial charge < -0.3 is 0 Å². The molecule has 0 spiro atoms. The van der Waals surface area contributed by atoms with Gasteiger partial charge >= 0.3 is 0 Å². The first-order valence-corrected chi connectivity index (χ1v) is 9.01. The van der Waals surface area contributed by atoms with E-state index in [4.69, 9.17) is 0 Å². The Bertz CT molecular complexity index is 383. The number of hydrazone groups is 2. The number of nitrogens with zero attached hydrogens (tertiary/aromatic N) is 2. The molecule has 0 aliphatic carbocycles. The highest BCUT2D eigenvalue weighted by Crippen LogP contribution is 2.10. The lowest BCUT2D eigenvalue weighted by atomic mass is 10.1. The Balaban J connectivity index is 3.34. The van der Waals surface area contributed by atoms with Crippen LogP contribution in [0.15, 0.2) is 10.2 Å². The van der Waals surface area contributed by atoms with Gasteiger partial charge in [-0.05, 0) is 40.5 Å². The van der Waals surface area contributed by atoms with Crippen molar-refractivity contribution in [2.75, 3.05) is 0 Å². The van der Waals surface area contributed by atoms with Crippen molar-refractivity contribution in [3.8, 4) is 0 Å². The summed E-state index contributed by atoms with van der Waals surface area (Å²) in [6, 6.07) is 0. The minimum atomic E-state index is -0.00271. The number of carbonyl (C=O) groups excluding carboxylic acids is 2. The Labute approximate surface area is 146 Å². The van der Waals surface area contributed by atoms with Crippen LogP contribution in [0, 0.1) is 0 Å². The Kier molecular flexibility index (Phi) is 13.8. The molecule has 0 atom stereocenters. The molecule has 0 fully saturated rings. The number of hydrogen-bond acceptors (Lipinski definition) is 4. The number of nitrogens with one attached hydrogen (secondary N) is 2. The molecule has 138 valence electrons. The summed E-state index contributed by atoms with van der Waals surface area (Å²) in [5.41, 5.74) is 6.79. The molecule has 0 saturated carbocycles. The van der Waals surface area contributed by atoms with E-state index in [1.165, 1.54) is 12.8 Å². The fourth-order valence-corrected chi connectivity index (χ4v) is 2.09. The summed E-state index contributed by atoms with van der Waals surface area (Å²) >= 11 is 0. The van der Waals surface area contributed by atoms with Crippen molar-refractivity contribution in [1.29, 1.82) is 0 Å². The van der Waals surface area contributed by atoms with Crippen molar-refractivity contribution < 1.29 is 9.59 Å². The minimum absolute atomic E-state index is 0.00271. The van der Waals surface area contributed by atoms with Crippen molar-refractivity contribution in [3.05, 3.63) is 0 Å².